The number of aromatic nitrogens is 2. The Hall–Kier alpha value is -1.65. The minimum absolute atomic E-state index is 0.550. The summed E-state index contributed by atoms with van der Waals surface area (Å²) in [4.78, 5) is 8.56. The van der Waals surface area contributed by atoms with E-state index in [0.29, 0.717) is 22.7 Å². The third kappa shape index (κ3) is 3.71. The molecular weight excluding hydrogens is 286 g/mol. The van der Waals surface area contributed by atoms with Gasteiger partial charge in [-0.3, -0.25) is 4.98 Å². The van der Waals surface area contributed by atoms with E-state index >= 15 is 0 Å². The van der Waals surface area contributed by atoms with Crippen molar-refractivity contribution in [3.05, 3.63) is 46.4 Å². The van der Waals surface area contributed by atoms with Crippen LogP contribution in [-0.2, 0) is 6.54 Å². The molecule has 0 spiro atoms. The minimum Gasteiger partial charge on any atom is -0.437 e. The lowest BCUT2D eigenvalue weighted by Gasteiger charge is -2.14. The first-order valence-electron chi connectivity index (χ1n) is 7.11. The summed E-state index contributed by atoms with van der Waals surface area (Å²) in [5.74, 6) is 1.23. The Kier molecular flexibility index (Phi) is 4.08. The summed E-state index contributed by atoms with van der Waals surface area (Å²) in [5.41, 5.74) is 3.21. The Morgan fingerprint density at radius 3 is 2.81 bits per heavy atom. The zero-order valence-electron chi connectivity index (χ0n) is 12.2. The highest BCUT2D eigenvalue weighted by atomic mass is 35.5. The predicted octanol–water partition coefficient (Wildman–Crippen LogP) is 3.79. The van der Waals surface area contributed by atoms with Crippen molar-refractivity contribution in [1.29, 1.82) is 0 Å². The molecule has 0 amide bonds. The van der Waals surface area contributed by atoms with Crippen LogP contribution in [0.2, 0.25) is 5.02 Å². The summed E-state index contributed by atoms with van der Waals surface area (Å²) in [6.45, 7) is 4.82. The molecule has 1 aliphatic rings. The standard InChI is InChI=1S/C16H18ClN3O/c1-10-5-11(2)20-16(15(10)9-19-13-3-4-13)21-14-6-12(17)7-18-8-14/h5-8,13,19H,3-4,9H2,1-2H3. The maximum absolute atomic E-state index is 5.95. The molecule has 110 valence electrons. The average Bonchev–Trinajstić information content (AvgIpc) is 3.21. The van der Waals surface area contributed by atoms with Crippen LogP contribution >= 0.6 is 11.6 Å². The van der Waals surface area contributed by atoms with E-state index in [4.69, 9.17) is 16.3 Å². The quantitative estimate of drug-likeness (QED) is 0.913. The van der Waals surface area contributed by atoms with Crippen LogP contribution in [0.5, 0.6) is 11.6 Å². The molecule has 3 rings (SSSR count). The summed E-state index contributed by atoms with van der Waals surface area (Å²) in [6, 6.07) is 4.46. The van der Waals surface area contributed by atoms with Gasteiger partial charge in [0.05, 0.1) is 11.2 Å². The molecule has 0 aliphatic heterocycles. The van der Waals surface area contributed by atoms with E-state index in [9.17, 15) is 0 Å². The molecule has 0 radical (unpaired) electrons. The molecule has 2 aromatic rings. The molecule has 2 heterocycles. The second-order valence-corrected chi connectivity index (χ2v) is 5.90. The summed E-state index contributed by atoms with van der Waals surface area (Å²) < 4.78 is 5.91. The first-order chi connectivity index (χ1) is 10.1. The molecule has 1 N–H and O–H groups in total. The lowest BCUT2D eigenvalue weighted by molar-refractivity contribution is 0.448. The number of nitrogens with zero attached hydrogens (tertiary/aromatic N) is 2. The number of ether oxygens (including phenoxy) is 1. The molecule has 0 saturated heterocycles. The Balaban J connectivity index is 1.87. The van der Waals surface area contributed by atoms with Gasteiger partial charge in [0, 0.05) is 36.1 Å². The zero-order valence-corrected chi connectivity index (χ0v) is 12.9. The molecule has 0 atom stereocenters. The maximum atomic E-state index is 5.95. The van der Waals surface area contributed by atoms with Gasteiger partial charge in [0.25, 0.3) is 0 Å². The van der Waals surface area contributed by atoms with Crippen LogP contribution < -0.4 is 10.1 Å². The number of aryl methyl sites for hydroxylation is 2. The maximum Gasteiger partial charge on any atom is 0.224 e. The lowest BCUT2D eigenvalue weighted by atomic mass is 10.1. The topological polar surface area (TPSA) is 47.0 Å². The van der Waals surface area contributed by atoms with Gasteiger partial charge in [-0.15, -0.1) is 0 Å². The first kappa shape index (κ1) is 14.3. The van der Waals surface area contributed by atoms with Crippen molar-refractivity contribution < 1.29 is 4.74 Å². The summed E-state index contributed by atoms with van der Waals surface area (Å²) in [6.07, 6.45) is 5.74. The number of pyridine rings is 2. The summed E-state index contributed by atoms with van der Waals surface area (Å²) >= 11 is 5.95. The van der Waals surface area contributed by atoms with Gasteiger partial charge in [-0.2, -0.15) is 0 Å². The highest BCUT2D eigenvalue weighted by Gasteiger charge is 2.21. The molecule has 2 aromatic heterocycles. The molecule has 1 saturated carbocycles. The van der Waals surface area contributed by atoms with Crippen LogP contribution in [0.4, 0.5) is 0 Å². The van der Waals surface area contributed by atoms with E-state index in [0.717, 1.165) is 17.8 Å². The van der Waals surface area contributed by atoms with Gasteiger partial charge < -0.3 is 10.1 Å². The number of nitrogens with one attached hydrogen (secondary N) is 1. The van der Waals surface area contributed by atoms with Crippen molar-refractivity contribution in [2.24, 2.45) is 0 Å². The van der Waals surface area contributed by atoms with Gasteiger partial charge in [0.2, 0.25) is 5.88 Å². The number of halogens is 1. The van der Waals surface area contributed by atoms with E-state index < -0.39 is 0 Å². The van der Waals surface area contributed by atoms with Crippen LogP contribution in [0, 0.1) is 13.8 Å². The SMILES string of the molecule is Cc1cc(C)c(CNC2CC2)c(Oc2cncc(Cl)c2)n1. The highest BCUT2D eigenvalue weighted by Crippen LogP contribution is 2.28. The van der Waals surface area contributed by atoms with Gasteiger partial charge in [-0.1, -0.05) is 11.6 Å². The Morgan fingerprint density at radius 1 is 1.29 bits per heavy atom. The third-order valence-electron chi connectivity index (χ3n) is 3.48. The van der Waals surface area contributed by atoms with Crippen LogP contribution in [-0.4, -0.2) is 16.0 Å². The van der Waals surface area contributed by atoms with Crippen LogP contribution in [0.25, 0.3) is 0 Å². The number of rotatable bonds is 5. The molecule has 1 aliphatic carbocycles. The average molecular weight is 304 g/mol. The van der Waals surface area contributed by atoms with E-state index in [-0.39, 0.29) is 0 Å². The molecule has 1 fully saturated rings. The van der Waals surface area contributed by atoms with Gasteiger partial charge in [-0.05, 0) is 38.3 Å². The molecule has 0 aromatic carbocycles. The fourth-order valence-corrected chi connectivity index (χ4v) is 2.39. The second kappa shape index (κ2) is 6.00. The first-order valence-corrected chi connectivity index (χ1v) is 7.48. The molecular formula is C16H18ClN3O. The fourth-order valence-electron chi connectivity index (χ4n) is 2.22. The smallest absolute Gasteiger partial charge is 0.224 e. The van der Waals surface area contributed by atoms with Crippen molar-refractivity contribution in [3.8, 4) is 11.6 Å². The van der Waals surface area contributed by atoms with Crippen LogP contribution in [0.15, 0.2) is 24.5 Å². The zero-order chi connectivity index (χ0) is 14.8. The summed E-state index contributed by atoms with van der Waals surface area (Å²) in [7, 11) is 0. The molecule has 4 nitrogen and oxygen atoms in total. The Labute approximate surface area is 129 Å². The van der Waals surface area contributed by atoms with Gasteiger partial charge >= 0.3 is 0 Å². The molecule has 0 bridgehead atoms. The second-order valence-electron chi connectivity index (χ2n) is 5.46. The van der Waals surface area contributed by atoms with E-state index in [2.05, 4.69) is 28.3 Å². The van der Waals surface area contributed by atoms with Crippen molar-refractivity contribution in [2.45, 2.75) is 39.3 Å². The van der Waals surface area contributed by atoms with Crippen molar-refractivity contribution >= 4 is 11.6 Å². The Morgan fingerprint density at radius 2 is 2.10 bits per heavy atom. The molecule has 5 heteroatoms. The van der Waals surface area contributed by atoms with Crippen LogP contribution in [0.1, 0.15) is 29.7 Å². The molecule has 21 heavy (non-hydrogen) atoms. The van der Waals surface area contributed by atoms with E-state index in [1.54, 1.807) is 18.5 Å². The van der Waals surface area contributed by atoms with Gasteiger partial charge in [-0.25, -0.2) is 4.98 Å². The van der Waals surface area contributed by atoms with Crippen LogP contribution in [0.3, 0.4) is 0 Å². The monoisotopic (exact) mass is 303 g/mol. The van der Waals surface area contributed by atoms with Crippen molar-refractivity contribution in [3.63, 3.8) is 0 Å². The van der Waals surface area contributed by atoms with Gasteiger partial charge in [0.15, 0.2) is 0 Å². The van der Waals surface area contributed by atoms with Gasteiger partial charge in [0.1, 0.15) is 5.75 Å². The van der Waals surface area contributed by atoms with E-state index in [1.807, 2.05) is 6.92 Å². The third-order valence-corrected chi connectivity index (χ3v) is 3.68. The fraction of sp³-hybridized carbons (Fsp3) is 0.375. The lowest BCUT2D eigenvalue weighted by Crippen LogP contribution is -2.17. The predicted molar refractivity (Wildman–Crippen MR) is 82.9 cm³/mol. The number of hydrogen-bond acceptors (Lipinski definition) is 4. The number of hydrogen-bond donors (Lipinski definition) is 1. The summed E-state index contributed by atoms with van der Waals surface area (Å²) in [5, 5.41) is 4.06. The minimum atomic E-state index is 0.550. The van der Waals surface area contributed by atoms with E-state index in [1.165, 1.54) is 18.4 Å². The van der Waals surface area contributed by atoms with Crippen molar-refractivity contribution in [2.75, 3.05) is 0 Å². The highest BCUT2D eigenvalue weighted by molar-refractivity contribution is 6.30. The van der Waals surface area contributed by atoms with Crippen molar-refractivity contribution in [1.82, 2.24) is 15.3 Å². The Bertz CT molecular complexity index is 656. The normalized spacial score (nSPS) is 14.2. The molecule has 0 unspecified atom stereocenters. The largest absolute Gasteiger partial charge is 0.437 e.